The SMILES string of the molecule is NC(=O)CC=Cc1cc(C(F)(F)F)ccc1Cl. The highest BCUT2D eigenvalue weighted by atomic mass is 35.5. The van der Waals surface area contributed by atoms with Crippen LogP contribution in [0.4, 0.5) is 13.2 Å². The van der Waals surface area contributed by atoms with E-state index in [9.17, 15) is 18.0 Å². The van der Waals surface area contributed by atoms with Gasteiger partial charge in [0.1, 0.15) is 0 Å². The van der Waals surface area contributed by atoms with Crippen molar-refractivity contribution >= 4 is 23.6 Å². The fraction of sp³-hybridized carbons (Fsp3) is 0.182. The smallest absolute Gasteiger partial charge is 0.369 e. The summed E-state index contributed by atoms with van der Waals surface area (Å²) in [5.74, 6) is -0.565. The van der Waals surface area contributed by atoms with Crippen LogP contribution in [0, 0.1) is 0 Å². The molecule has 1 aromatic carbocycles. The van der Waals surface area contributed by atoms with Crippen LogP contribution in [0.2, 0.25) is 5.02 Å². The highest BCUT2D eigenvalue weighted by Crippen LogP contribution is 2.32. The lowest BCUT2D eigenvalue weighted by molar-refractivity contribution is -0.137. The minimum Gasteiger partial charge on any atom is -0.369 e. The van der Waals surface area contributed by atoms with Gasteiger partial charge in [-0.3, -0.25) is 4.79 Å². The Hall–Kier alpha value is -1.49. The van der Waals surface area contributed by atoms with Gasteiger partial charge in [0.25, 0.3) is 0 Å². The predicted molar refractivity (Wildman–Crippen MR) is 59.3 cm³/mol. The molecule has 2 N–H and O–H groups in total. The van der Waals surface area contributed by atoms with Crippen molar-refractivity contribution in [3.63, 3.8) is 0 Å². The lowest BCUT2D eigenvalue weighted by Gasteiger charge is -2.08. The molecule has 0 heterocycles. The van der Waals surface area contributed by atoms with Crippen molar-refractivity contribution in [2.75, 3.05) is 0 Å². The molecule has 0 bridgehead atoms. The second kappa shape index (κ2) is 5.23. The molecule has 0 unspecified atom stereocenters. The topological polar surface area (TPSA) is 43.1 Å². The van der Waals surface area contributed by atoms with E-state index in [1.54, 1.807) is 0 Å². The summed E-state index contributed by atoms with van der Waals surface area (Å²) >= 11 is 5.73. The Kier molecular flexibility index (Phi) is 4.17. The van der Waals surface area contributed by atoms with Gasteiger partial charge in [0.15, 0.2) is 0 Å². The maximum atomic E-state index is 12.4. The van der Waals surface area contributed by atoms with Gasteiger partial charge in [0.2, 0.25) is 5.91 Å². The minimum absolute atomic E-state index is 0.0490. The first-order chi connectivity index (χ1) is 7.80. The number of primary amides is 1. The van der Waals surface area contributed by atoms with Crippen LogP contribution in [0.3, 0.4) is 0 Å². The molecule has 2 nitrogen and oxygen atoms in total. The van der Waals surface area contributed by atoms with Gasteiger partial charge in [-0.1, -0.05) is 23.8 Å². The third-order valence-electron chi connectivity index (χ3n) is 1.94. The van der Waals surface area contributed by atoms with Crippen LogP contribution in [-0.2, 0) is 11.0 Å². The van der Waals surface area contributed by atoms with E-state index < -0.39 is 17.6 Å². The van der Waals surface area contributed by atoms with Gasteiger partial charge in [0.05, 0.1) is 5.56 Å². The van der Waals surface area contributed by atoms with Crippen molar-refractivity contribution in [3.05, 3.63) is 40.4 Å². The minimum atomic E-state index is -4.42. The third-order valence-corrected chi connectivity index (χ3v) is 2.28. The fourth-order valence-electron chi connectivity index (χ4n) is 1.15. The quantitative estimate of drug-likeness (QED) is 0.894. The summed E-state index contributed by atoms with van der Waals surface area (Å²) in [5, 5.41) is 0.179. The molecule has 0 aliphatic heterocycles. The van der Waals surface area contributed by atoms with Gasteiger partial charge in [0, 0.05) is 11.4 Å². The van der Waals surface area contributed by atoms with Crippen molar-refractivity contribution in [2.24, 2.45) is 5.73 Å². The average Bonchev–Trinajstić information content (AvgIpc) is 2.18. The Morgan fingerprint density at radius 2 is 2.06 bits per heavy atom. The van der Waals surface area contributed by atoms with E-state index in [2.05, 4.69) is 0 Å². The molecule has 0 aromatic heterocycles. The highest BCUT2D eigenvalue weighted by molar-refractivity contribution is 6.32. The summed E-state index contributed by atoms with van der Waals surface area (Å²) in [6.07, 6.45) is -1.77. The number of carbonyl (C=O) groups is 1. The number of nitrogens with two attached hydrogens (primary N) is 1. The molecule has 0 aliphatic rings. The van der Waals surface area contributed by atoms with Crippen molar-refractivity contribution < 1.29 is 18.0 Å². The van der Waals surface area contributed by atoms with Crippen LogP contribution in [0.25, 0.3) is 6.08 Å². The lowest BCUT2D eigenvalue weighted by atomic mass is 10.1. The van der Waals surface area contributed by atoms with Crippen molar-refractivity contribution in [2.45, 2.75) is 12.6 Å². The lowest BCUT2D eigenvalue weighted by Crippen LogP contribution is -2.08. The van der Waals surface area contributed by atoms with Crippen LogP contribution >= 0.6 is 11.6 Å². The van der Waals surface area contributed by atoms with Gasteiger partial charge >= 0.3 is 6.18 Å². The van der Waals surface area contributed by atoms with E-state index in [-0.39, 0.29) is 17.0 Å². The Morgan fingerprint density at radius 3 is 2.59 bits per heavy atom. The summed E-state index contributed by atoms with van der Waals surface area (Å²) < 4.78 is 37.2. The van der Waals surface area contributed by atoms with Crippen LogP contribution in [0.5, 0.6) is 0 Å². The molecule has 1 aromatic rings. The summed E-state index contributed by atoms with van der Waals surface area (Å²) in [6.45, 7) is 0. The number of alkyl halides is 3. The van der Waals surface area contributed by atoms with E-state index >= 15 is 0 Å². The summed E-state index contributed by atoms with van der Waals surface area (Å²) in [4.78, 5) is 10.5. The van der Waals surface area contributed by atoms with E-state index in [4.69, 9.17) is 17.3 Å². The Bertz CT molecular complexity index is 455. The molecule has 0 saturated heterocycles. The molecule has 0 spiro atoms. The van der Waals surface area contributed by atoms with Gasteiger partial charge in [-0.15, -0.1) is 0 Å². The average molecular weight is 264 g/mol. The van der Waals surface area contributed by atoms with E-state index in [1.165, 1.54) is 12.2 Å². The van der Waals surface area contributed by atoms with Crippen LogP contribution in [-0.4, -0.2) is 5.91 Å². The maximum Gasteiger partial charge on any atom is 0.416 e. The first kappa shape index (κ1) is 13.6. The summed E-state index contributed by atoms with van der Waals surface area (Å²) in [7, 11) is 0. The summed E-state index contributed by atoms with van der Waals surface area (Å²) in [6, 6.07) is 2.97. The first-order valence-corrected chi connectivity index (χ1v) is 5.00. The Morgan fingerprint density at radius 1 is 1.41 bits per heavy atom. The second-order valence-corrected chi connectivity index (χ2v) is 3.71. The normalized spacial score (nSPS) is 12.0. The molecule has 0 aliphatic carbocycles. The first-order valence-electron chi connectivity index (χ1n) is 4.62. The molecule has 6 heteroatoms. The molecular weight excluding hydrogens is 255 g/mol. The third kappa shape index (κ3) is 4.11. The number of rotatable bonds is 3. The van der Waals surface area contributed by atoms with E-state index in [0.29, 0.717) is 0 Å². The van der Waals surface area contributed by atoms with Gasteiger partial charge in [-0.25, -0.2) is 0 Å². The number of amides is 1. The predicted octanol–water partition coefficient (Wildman–Crippen LogP) is 3.25. The largest absolute Gasteiger partial charge is 0.416 e. The van der Waals surface area contributed by atoms with Crippen molar-refractivity contribution in [3.8, 4) is 0 Å². The number of hydrogen-bond acceptors (Lipinski definition) is 1. The fourth-order valence-corrected chi connectivity index (χ4v) is 1.33. The molecule has 1 amide bonds. The van der Waals surface area contributed by atoms with Gasteiger partial charge < -0.3 is 5.73 Å². The number of hydrogen-bond donors (Lipinski definition) is 1. The van der Waals surface area contributed by atoms with E-state index in [0.717, 1.165) is 18.2 Å². The molecule has 1 rings (SSSR count). The number of halogens is 4. The molecular formula is C11H9ClF3NO. The molecule has 92 valence electrons. The monoisotopic (exact) mass is 263 g/mol. The zero-order valence-electron chi connectivity index (χ0n) is 8.59. The highest BCUT2D eigenvalue weighted by Gasteiger charge is 2.30. The van der Waals surface area contributed by atoms with Crippen molar-refractivity contribution in [1.82, 2.24) is 0 Å². The van der Waals surface area contributed by atoms with Crippen LogP contribution < -0.4 is 5.73 Å². The number of carbonyl (C=O) groups excluding carboxylic acids is 1. The number of benzene rings is 1. The Labute approximate surface area is 101 Å². The molecule has 17 heavy (non-hydrogen) atoms. The molecule has 0 fully saturated rings. The van der Waals surface area contributed by atoms with Crippen LogP contribution in [0.15, 0.2) is 24.3 Å². The summed E-state index contributed by atoms with van der Waals surface area (Å²) in [5.41, 5.74) is 4.30. The van der Waals surface area contributed by atoms with E-state index in [1.807, 2.05) is 0 Å². The van der Waals surface area contributed by atoms with Gasteiger partial charge in [-0.05, 0) is 23.8 Å². The Balaban J connectivity index is 2.99. The molecule has 0 atom stereocenters. The second-order valence-electron chi connectivity index (χ2n) is 3.31. The van der Waals surface area contributed by atoms with Crippen molar-refractivity contribution in [1.29, 1.82) is 0 Å². The zero-order valence-corrected chi connectivity index (χ0v) is 9.35. The van der Waals surface area contributed by atoms with Gasteiger partial charge in [-0.2, -0.15) is 13.2 Å². The molecule has 0 radical (unpaired) electrons. The zero-order chi connectivity index (χ0) is 13.1. The standard InChI is InChI=1S/C11H9ClF3NO/c12-9-5-4-8(11(13,14)15)6-7(9)2-1-3-10(16)17/h1-2,4-6H,3H2,(H2,16,17). The van der Waals surface area contributed by atoms with Crippen LogP contribution in [0.1, 0.15) is 17.5 Å². The maximum absolute atomic E-state index is 12.4. The molecule has 0 saturated carbocycles.